The summed E-state index contributed by atoms with van der Waals surface area (Å²) in [4.78, 5) is 14.4. The number of urea groups is 1. The highest BCUT2D eigenvalue weighted by Crippen LogP contribution is 2.29. The number of nitrogens with zero attached hydrogens (tertiary/aromatic N) is 2. The van der Waals surface area contributed by atoms with Crippen LogP contribution in [0.2, 0.25) is 0 Å². The van der Waals surface area contributed by atoms with Gasteiger partial charge in [-0.3, -0.25) is 0 Å². The Morgan fingerprint density at radius 2 is 2.10 bits per heavy atom. The molecular formula is C11H9F3N4O2. The Morgan fingerprint density at radius 3 is 2.70 bits per heavy atom. The molecule has 106 valence electrons. The van der Waals surface area contributed by atoms with Crippen LogP contribution in [0.4, 0.5) is 23.7 Å². The second-order valence-corrected chi connectivity index (χ2v) is 3.71. The number of benzene rings is 1. The van der Waals surface area contributed by atoms with Crippen molar-refractivity contribution in [3.63, 3.8) is 0 Å². The first-order chi connectivity index (χ1) is 9.40. The van der Waals surface area contributed by atoms with Gasteiger partial charge in [0.15, 0.2) is 0 Å². The molecule has 0 aliphatic carbocycles. The van der Waals surface area contributed by atoms with E-state index in [1.807, 2.05) is 0 Å². The van der Waals surface area contributed by atoms with Gasteiger partial charge in [-0.25, -0.2) is 4.79 Å². The predicted octanol–water partition coefficient (Wildman–Crippen LogP) is 2.51. The maximum absolute atomic E-state index is 12.4. The van der Waals surface area contributed by atoms with Crippen LogP contribution in [-0.4, -0.2) is 23.2 Å². The smallest absolute Gasteiger partial charge is 0.341 e. The Morgan fingerprint density at radius 1 is 1.35 bits per heavy atom. The SMILES string of the molecule is CNC(=O)Nc1cccc(-c2noc(C(F)(F)F)n2)c1. The number of aromatic nitrogens is 2. The minimum absolute atomic E-state index is 0.210. The Labute approximate surface area is 111 Å². The molecule has 0 saturated carbocycles. The van der Waals surface area contributed by atoms with Crippen molar-refractivity contribution in [2.45, 2.75) is 6.18 Å². The van der Waals surface area contributed by atoms with Gasteiger partial charge in [-0.2, -0.15) is 18.2 Å². The highest BCUT2D eigenvalue weighted by Gasteiger charge is 2.38. The van der Waals surface area contributed by atoms with Gasteiger partial charge in [-0.15, -0.1) is 0 Å². The third-order valence-electron chi connectivity index (χ3n) is 2.27. The first-order valence-electron chi connectivity index (χ1n) is 5.40. The standard InChI is InChI=1S/C11H9F3N4O2/c1-15-10(19)16-7-4-2-3-6(5-7)8-17-9(20-18-8)11(12,13)14/h2-5H,1H3,(H2,15,16,19). The monoisotopic (exact) mass is 286 g/mol. The molecular weight excluding hydrogens is 277 g/mol. The van der Waals surface area contributed by atoms with Crippen LogP contribution in [0.5, 0.6) is 0 Å². The normalized spacial score (nSPS) is 11.2. The summed E-state index contributed by atoms with van der Waals surface area (Å²) in [5.74, 6) is -1.63. The Bertz CT molecular complexity index is 624. The first-order valence-corrected chi connectivity index (χ1v) is 5.40. The fourth-order valence-electron chi connectivity index (χ4n) is 1.39. The van der Waals surface area contributed by atoms with Gasteiger partial charge < -0.3 is 15.2 Å². The van der Waals surface area contributed by atoms with Crippen LogP contribution < -0.4 is 10.6 Å². The van der Waals surface area contributed by atoms with Crippen molar-refractivity contribution < 1.29 is 22.5 Å². The van der Waals surface area contributed by atoms with E-state index in [0.29, 0.717) is 5.69 Å². The number of halogens is 3. The molecule has 0 aliphatic rings. The van der Waals surface area contributed by atoms with Crippen molar-refractivity contribution in [1.29, 1.82) is 0 Å². The number of alkyl halides is 3. The maximum Gasteiger partial charge on any atom is 0.471 e. The molecule has 2 N–H and O–H groups in total. The topological polar surface area (TPSA) is 80.0 Å². The molecule has 2 amide bonds. The molecule has 0 radical (unpaired) electrons. The molecule has 2 aromatic rings. The highest BCUT2D eigenvalue weighted by atomic mass is 19.4. The second kappa shape index (κ2) is 5.19. The molecule has 0 saturated heterocycles. The lowest BCUT2D eigenvalue weighted by Crippen LogP contribution is -2.24. The lowest BCUT2D eigenvalue weighted by Gasteiger charge is -2.04. The summed E-state index contributed by atoms with van der Waals surface area (Å²) in [5, 5.41) is 8.09. The minimum Gasteiger partial charge on any atom is -0.341 e. The zero-order valence-electron chi connectivity index (χ0n) is 10.2. The molecule has 1 heterocycles. The molecule has 0 spiro atoms. The van der Waals surface area contributed by atoms with Gasteiger partial charge in [-0.05, 0) is 12.1 Å². The van der Waals surface area contributed by atoms with Crippen molar-refractivity contribution in [3.8, 4) is 11.4 Å². The number of anilines is 1. The average molecular weight is 286 g/mol. The van der Waals surface area contributed by atoms with Crippen LogP contribution in [0.3, 0.4) is 0 Å². The van der Waals surface area contributed by atoms with Crippen LogP contribution in [0.15, 0.2) is 28.8 Å². The molecule has 0 fully saturated rings. The zero-order valence-corrected chi connectivity index (χ0v) is 10.2. The van der Waals surface area contributed by atoms with E-state index in [9.17, 15) is 18.0 Å². The van der Waals surface area contributed by atoms with E-state index in [1.165, 1.54) is 19.2 Å². The van der Waals surface area contributed by atoms with E-state index in [4.69, 9.17) is 0 Å². The minimum atomic E-state index is -4.69. The van der Waals surface area contributed by atoms with Crippen molar-refractivity contribution in [2.75, 3.05) is 12.4 Å². The molecule has 0 atom stereocenters. The Balaban J connectivity index is 2.27. The van der Waals surface area contributed by atoms with Crippen LogP contribution in [0.1, 0.15) is 5.89 Å². The van der Waals surface area contributed by atoms with Crippen LogP contribution in [0.25, 0.3) is 11.4 Å². The quantitative estimate of drug-likeness (QED) is 0.889. The van der Waals surface area contributed by atoms with Gasteiger partial charge in [0, 0.05) is 18.3 Å². The molecule has 20 heavy (non-hydrogen) atoms. The van der Waals surface area contributed by atoms with E-state index >= 15 is 0 Å². The zero-order chi connectivity index (χ0) is 14.8. The summed E-state index contributed by atoms with van der Waals surface area (Å²) in [7, 11) is 1.44. The third-order valence-corrected chi connectivity index (χ3v) is 2.27. The number of carbonyl (C=O) groups excluding carboxylic acids is 1. The summed E-state index contributed by atoms with van der Waals surface area (Å²) in [6.07, 6.45) is -4.69. The van der Waals surface area contributed by atoms with Crippen LogP contribution in [0, 0.1) is 0 Å². The van der Waals surface area contributed by atoms with E-state index in [-0.39, 0.29) is 11.4 Å². The van der Waals surface area contributed by atoms with E-state index in [1.54, 1.807) is 12.1 Å². The number of amides is 2. The molecule has 1 aromatic heterocycles. The van der Waals surface area contributed by atoms with Gasteiger partial charge in [0.2, 0.25) is 5.82 Å². The predicted molar refractivity (Wildman–Crippen MR) is 62.8 cm³/mol. The number of nitrogens with one attached hydrogen (secondary N) is 2. The van der Waals surface area contributed by atoms with Gasteiger partial charge in [0.1, 0.15) is 0 Å². The number of hydrogen-bond acceptors (Lipinski definition) is 4. The van der Waals surface area contributed by atoms with Crippen molar-refractivity contribution in [2.24, 2.45) is 0 Å². The van der Waals surface area contributed by atoms with E-state index in [2.05, 4.69) is 25.3 Å². The summed E-state index contributed by atoms with van der Waals surface area (Å²) < 4.78 is 41.2. The van der Waals surface area contributed by atoms with Gasteiger partial charge in [0.05, 0.1) is 0 Å². The fourth-order valence-corrected chi connectivity index (χ4v) is 1.39. The van der Waals surface area contributed by atoms with Gasteiger partial charge >= 0.3 is 18.1 Å². The number of carbonyl (C=O) groups is 1. The van der Waals surface area contributed by atoms with Gasteiger partial charge in [-0.1, -0.05) is 17.3 Å². The lowest BCUT2D eigenvalue weighted by atomic mass is 10.2. The van der Waals surface area contributed by atoms with E-state index in [0.717, 1.165) is 0 Å². The molecule has 2 rings (SSSR count). The molecule has 9 heteroatoms. The van der Waals surface area contributed by atoms with E-state index < -0.39 is 18.1 Å². The first kappa shape index (κ1) is 13.8. The summed E-state index contributed by atoms with van der Waals surface area (Å²) in [6.45, 7) is 0. The summed E-state index contributed by atoms with van der Waals surface area (Å²) in [6, 6.07) is 5.60. The number of rotatable bonds is 2. The second-order valence-electron chi connectivity index (χ2n) is 3.71. The molecule has 0 bridgehead atoms. The molecule has 0 unspecified atom stereocenters. The third kappa shape index (κ3) is 3.05. The average Bonchev–Trinajstić information content (AvgIpc) is 2.88. The summed E-state index contributed by atoms with van der Waals surface area (Å²) >= 11 is 0. The molecule has 6 nitrogen and oxygen atoms in total. The van der Waals surface area contributed by atoms with Gasteiger partial charge in [0.25, 0.3) is 0 Å². The molecule has 1 aromatic carbocycles. The molecule has 0 aliphatic heterocycles. The summed E-state index contributed by atoms with van der Waals surface area (Å²) in [5.41, 5.74) is 0.679. The van der Waals surface area contributed by atoms with Crippen molar-refractivity contribution in [3.05, 3.63) is 30.2 Å². The van der Waals surface area contributed by atoms with Crippen LogP contribution >= 0.6 is 0 Å². The fraction of sp³-hybridized carbons (Fsp3) is 0.182. The number of hydrogen-bond donors (Lipinski definition) is 2. The lowest BCUT2D eigenvalue weighted by molar-refractivity contribution is -0.159. The van der Waals surface area contributed by atoms with Crippen molar-refractivity contribution in [1.82, 2.24) is 15.5 Å². The van der Waals surface area contributed by atoms with Crippen LogP contribution in [-0.2, 0) is 6.18 Å². The largest absolute Gasteiger partial charge is 0.471 e. The maximum atomic E-state index is 12.4. The highest BCUT2D eigenvalue weighted by molar-refractivity contribution is 5.89. The Kier molecular flexibility index (Phi) is 3.59. The Hall–Kier alpha value is -2.58. The van der Waals surface area contributed by atoms with Crippen molar-refractivity contribution >= 4 is 11.7 Å².